The minimum Gasteiger partial charge on any atom is -0.332 e. The number of nitrogens with zero attached hydrogens (tertiary/aromatic N) is 2. The molecule has 4 nitrogen and oxygen atoms in total. The van der Waals surface area contributed by atoms with E-state index in [-0.39, 0.29) is 28.3 Å². The Kier molecular flexibility index (Phi) is 4.34. The minimum atomic E-state index is -0.592. The van der Waals surface area contributed by atoms with Crippen molar-refractivity contribution in [1.82, 2.24) is 9.47 Å². The fourth-order valence-corrected chi connectivity index (χ4v) is 4.26. The first-order valence-corrected chi connectivity index (χ1v) is 9.24. The van der Waals surface area contributed by atoms with Crippen LogP contribution in [0.2, 0.25) is 5.02 Å². The van der Waals surface area contributed by atoms with Gasteiger partial charge < -0.3 is 9.47 Å². The van der Waals surface area contributed by atoms with Gasteiger partial charge in [-0.15, -0.1) is 0 Å². The van der Waals surface area contributed by atoms with Gasteiger partial charge in [0.2, 0.25) is 5.91 Å². The zero-order valence-corrected chi connectivity index (χ0v) is 15.8. The maximum Gasteiger partial charge on any atom is 0.269 e. The van der Waals surface area contributed by atoms with Gasteiger partial charge in [0.25, 0.3) is 5.56 Å². The summed E-state index contributed by atoms with van der Waals surface area (Å²) in [5.41, 5.74) is 2.83. The largest absolute Gasteiger partial charge is 0.332 e. The lowest BCUT2D eigenvalue weighted by Crippen LogP contribution is -2.26. The monoisotopic (exact) mass is 392 g/mol. The number of carbonyl (C=O) groups excluding carboxylic acids is 1. The van der Waals surface area contributed by atoms with E-state index >= 15 is 0 Å². The highest BCUT2D eigenvalue weighted by Gasteiger charge is 2.41. The van der Waals surface area contributed by atoms with E-state index in [9.17, 15) is 18.4 Å². The average Bonchev–Trinajstić information content (AvgIpc) is 3.23. The number of pyridine rings is 1. The van der Waals surface area contributed by atoms with E-state index in [1.165, 1.54) is 16.7 Å². The standard InChI is InChI=1S/C20H19ClF2N2O2/c1-10-16-8-25(9-17(16)24(2)20(27)19(10)21)18(26)6-12-5-15(12)11-3-13(22)7-14(23)4-11/h3-4,7,12,15H,5-6,8-9H2,1-2H3. The number of hydrogen-bond acceptors (Lipinski definition) is 2. The molecule has 1 aliphatic carbocycles. The molecule has 2 aliphatic rings. The highest BCUT2D eigenvalue weighted by Crippen LogP contribution is 2.50. The number of hydrogen-bond donors (Lipinski definition) is 0. The summed E-state index contributed by atoms with van der Waals surface area (Å²) in [6.07, 6.45) is 1.08. The molecule has 1 aliphatic heterocycles. The van der Waals surface area contributed by atoms with Gasteiger partial charge in [0.15, 0.2) is 0 Å². The highest BCUT2D eigenvalue weighted by molar-refractivity contribution is 6.31. The van der Waals surface area contributed by atoms with E-state index in [0.29, 0.717) is 25.1 Å². The van der Waals surface area contributed by atoms with Crippen molar-refractivity contribution in [3.05, 3.63) is 67.6 Å². The van der Waals surface area contributed by atoms with Crippen LogP contribution in [0.4, 0.5) is 8.78 Å². The molecule has 2 heterocycles. The zero-order valence-electron chi connectivity index (χ0n) is 15.1. The van der Waals surface area contributed by atoms with Crippen LogP contribution in [0.5, 0.6) is 0 Å². The summed E-state index contributed by atoms with van der Waals surface area (Å²) < 4.78 is 28.3. The Balaban J connectivity index is 1.46. The predicted octanol–water partition coefficient (Wildman–Crippen LogP) is 3.66. The number of aromatic nitrogens is 1. The molecule has 1 aromatic carbocycles. The Labute approximate surface area is 160 Å². The molecule has 1 aromatic heterocycles. The van der Waals surface area contributed by atoms with E-state index < -0.39 is 11.6 Å². The molecule has 0 saturated heterocycles. The smallest absolute Gasteiger partial charge is 0.269 e. The van der Waals surface area contributed by atoms with Crippen LogP contribution in [0.3, 0.4) is 0 Å². The Morgan fingerprint density at radius 1 is 1.22 bits per heavy atom. The number of benzene rings is 1. The van der Waals surface area contributed by atoms with Crippen LogP contribution >= 0.6 is 11.6 Å². The molecule has 7 heteroatoms. The number of fused-ring (bicyclic) bond motifs is 1. The molecule has 2 unspecified atom stereocenters. The predicted molar refractivity (Wildman–Crippen MR) is 97.5 cm³/mol. The highest BCUT2D eigenvalue weighted by atomic mass is 35.5. The van der Waals surface area contributed by atoms with Crippen LogP contribution in [0.25, 0.3) is 0 Å². The molecular weight excluding hydrogens is 374 g/mol. The fourth-order valence-electron chi connectivity index (χ4n) is 4.02. The summed E-state index contributed by atoms with van der Waals surface area (Å²) in [6.45, 7) is 2.61. The van der Waals surface area contributed by atoms with Crippen molar-refractivity contribution >= 4 is 17.5 Å². The third-order valence-corrected chi connectivity index (χ3v) is 6.19. The summed E-state index contributed by atoms with van der Waals surface area (Å²) in [7, 11) is 1.66. The Hall–Kier alpha value is -2.21. The molecule has 2 atom stereocenters. The molecule has 0 bridgehead atoms. The Morgan fingerprint density at radius 3 is 2.56 bits per heavy atom. The average molecular weight is 393 g/mol. The third kappa shape index (κ3) is 3.16. The quantitative estimate of drug-likeness (QED) is 0.800. The van der Waals surface area contributed by atoms with Crippen LogP contribution in [0.1, 0.15) is 41.1 Å². The van der Waals surface area contributed by atoms with E-state index in [4.69, 9.17) is 11.6 Å². The Morgan fingerprint density at radius 2 is 1.89 bits per heavy atom. The Bertz CT molecular complexity index is 998. The van der Waals surface area contributed by atoms with Gasteiger partial charge in [-0.05, 0) is 54.0 Å². The van der Waals surface area contributed by atoms with Crippen LogP contribution in [0, 0.1) is 24.5 Å². The van der Waals surface area contributed by atoms with Gasteiger partial charge in [0.05, 0.1) is 6.54 Å². The molecule has 27 heavy (non-hydrogen) atoms. The van der Waals surface area contributed by atoms with Crippen molar-refractivity contribution in [1.29, 1.82) is 0 Å². The maximum atomic E-state index is 13.4. The normalized spacial score (nSPS) is 20.7. The van der Waals surface area contributed by atoms with Gasteiger partial charge in [-0.2, -0.15) is 0 Å². The third-order valence-electron chi connectivity index (χ3n) is 5.74. The van der Waals surface area contributed by atoms with Gasteiger partial charge in [0, 0.05) is 31.8 Å². The minimum absolute atomic E-state index is 0.0152. The molecule has 1 fully saturated rings. The van der Waals surface area contributed by atoms with E-state index in [2.05, 4.69) is 0 Å². The fraction of sp³-hybridized carbons (Fsp3) is 0.400. The lowest BCUT2D eigenvalue weighted by atomic mass is 10.1. The molecule has 0 spiro atoms. The lowest BCUT2D eigenvalue weighted by Gasteiger charge is -2.15. The van der Waals surface area contributed by atoms with Crippen molar-refractivity contribution in [2.24, 2.45) is 13.0 Å². The van der Waals surface area contributed by atoms with Gasteiger partial charge in [-0.1, -0.05) is 11.6 Å². The van der Waals surface area contributed by atoms with Gasteiger partial charge in [0.1, 0.15) is 16.7 Å². The lowest BCUT2D eigenvalue weighted by molar-refractivity contribution is -0.132. The molecule has 1 saturated carbocycles. The number of carbonyl (C=O) groups is 1. The van der Waals surface area contributed by atoms with Crippen molar-refractivity contribution < 1.29 is 13.6 Å². The van der Waals surface area contributed by atoms with Crippen LogP contribution < -0.4 is 5.56 Å². The van der Waals surface area contributed by atoms with E-state index in [1.807, 2.05) is 0 Å². The molecule has 0 radical (unpaired) electrons. The van der Waals surface area contributed by atoms with Crippen LogP contribution in [0.15, 0.2) is 23.0 Å². The molecular formula is C20H19ClF2N2O2. The molecule has 4 rings (SSSR count). The van der Waals surface area contributed by atoms with Crippen molar-refractivity contribution in [2.75, 3.05) is 0 Å². The maximum absolute atomic E-state index is 13.4. The summed E-state index contributed by atoms with van der Waals surface area (Å²) in [6, 6.07) is 3.53. The van der Waals surface area contributed by atoms with Crippen LogP contribution in [-0.2, 0) is 24.9 Å². The van der Waals surface area contributed by atoms with Crippen LogP contribution in [-0.4, -0.2) is 15.4 Å². The molecule has 2 aromatic rings. The topological polar surface area (TPSA) is 42.3 Å². The van der Waals surface area contributed by atoms with Gasteiger partial charge in [-0.3, -0.25) is 9.59 Å². The SMILES string of the molecule is Cc1c2c(n(C)c(=O)c1Cl)CN(C(=O)CC1CC1c1cc(F)cc(F)c1)C2. The van der Waals surface area contributed by atoms with E-state index in [1.54, 1.807) is 18.9 Å². The number of rotatable bonds is 3. The van der Waals surface area contributed by atoms with Crippen molar-refractivity contribution in [2.45, 2.75) is 38.8 Å². The first-order valence-electron chi connectivity index (χ1n) is 8.87. The number of amides is 1. The summed E-state index contributed by atoms with van der Waals surface area (Å²) in [5, 5.41) is 0.195. The first kappa shape index (κ1) is 18.2. The second kappa shape index (κ2) is 6.44. The summed E-state index contributed by atoms with van der Waals surface area (Å²) in [5.74, 6) is -1.09. The van der Waals surface area contributed by atoms with Gasteiger partial charge in [-0.25, -0.2) is 8.78 Å². The van der Waals surface area contributed by atoms with Crippen molar-refractivity contribution in [3.63, 3.8) is 0 Å². The second-order valence-corrected chi connectivity index (χ2v) is 7.87. The summed E-state index contributed by atoms with van der Waals surface area (Å²) in [4.78, 5) is 26.6. The first-order chi connectivity index (χ1) is 12.8. The molecule has 1 amide bonds. The molecule has 0 N–H and O–H groups in total. The molecule has 142 valence electrons. The van der Waals surface area contributed by atoms with E-state index in [0.717, 1.165) is 29.3 Å². The van der Waals surface area contributed by atoms with Gasteiger partial charge >= 0.3 is 0 Å². The van der Waals surface area contributed by atoms with Crippen molar-refractivity contribution in [3.8, 4) is 0 Å². The summed E-state index contributed by atoms with van der Waals surface area (Å²) >= 11 is 6.10. The second-order valence-electron chi connectivity index (χ2n) is 7.49. The number of halogens is 3. The zero-order chi connectivity index (χ0) is 19.5.